The number of nitriles is 1. The van der Waals surface area contributed by atoms with Crippen LogP contribution in [0, 0.1) is 23.7 Å². The van der Waals surface area contributed by atoms with Gasteiger partial charge in [0.25, 0.3) is 0 Å². The Morgan fingerprint density at radius 2 is 2.33 bits per heavy atom. The highest BCUT2D eigenvalue weighted by molar-refractivity contribution is 4.89. The number of nitrogens with zero attached hydrogens (tertiary/aromatic N) is 1. The lowest BCUT2D eigenvalue weighted by Crippen LogP contribution is -2.16. The minimum absolute atomic E-state index is 0.335. The molecule has 0 aromatic rings. The molecule has 0 fully saturated rings. The molecule has 48 valence electrons. The molecular formula is C7H10N2. The highest BCUT2D eigenvalue weighted by atomic mass is 14.6. The predicted molar refractivity (Wildman–Crippen MR) is 36.3 cm³/mol. The van der Waals surface area contributed by atoms with Gasteiger partial charge in [0.05, 0.1) is 12.1 Å². The van der Waals surface area contributed by atoms with Crippen LogP contribution in [0.3, 0.4) is 0 Å². The van der Waals surface area contributed by atoms with E-state index >= 15 is 0 Å². The quantitative estimate of drug-likeness (QED) is 0.441. The molecule has 0 aliphatic carbocycles. The van der Waals surface area contributed by atoms with Gasteiger partial charge in [0.15, 0.2) is 0 Å². The van der Waals surface area contributed by atoms with E-state index in [-0.39, 0.29) is 6.04 Å². The summed E-state index contributed by atoms with van der Waals surface area (Å²) >= 11 is 0. The lowest BCUT2D eigenvalue weighted by atomic mass is 10.1. The van der Waals surface area contributed by atoms with Gasteiger partial charge in [-0.2, -0.15) is 5.26 Å². The second kappa shape index (κ2) is 5.15. The van der Waals surface area contributed by atoms with Crippen molar-refractivity contribution in [2.24, 2.45) is 5.73 Å². The fraction of sp³-hybridized carbons (Fsp3) is 0.571. The molecule has 0 bridgehead atoms. The van der Waals surface area contributed by atoms with Crippen molar-refractivity contribution < 1.29 is 0 Å². The lowest BCUT2D eigenvalue weighted by Gasteiger charge is -1.96. The molecule has 0 saturated heterocycles. The number of rotatable bonds is 3. The molecule has 0 spiro atoms. The minimum Gasteiger partial charge on any atom is -0.316 e. The van der Waals surface area contributed by atoms with Crippen LogP contribution in [0.1, 0.15) is 19.3 Å². The summed E-state index contributed by atoms with van der Waals surface area (Å²) in [5.74, 6) is 2.48. The molecule has 1 atom stereocenters. The highest BCUT2D eigenvalue weighted by Gasteiger charge is 1.96. The third-order valence-corrected chi connectivity index (χ3v) is 1.00. The number of terminal acetylenes is 1. The Labute approximate surface area is 55.7 Å². The number of unbranched alkanes of at least 4 members (excludes halogenated alkanes) is 1. The van der Waals surface area contributed by atoms with Crippen LogP contribution < -0.4 is 5.73 Å². The Kier molecular flexibility index (Phi) is 4.59. The highest BCUT2D eigenvalue weighted by Crippen LogP contribution is 1.95. The van der Waals surface area contributed by atoms with E-state index in [2.05, 4.69) is 5.92 Å². The Hall–Kier alpha value is -0.990. The molecule has 0 aliphatic heterocycles. The third kappa shape index (κ3) is 4.87. The molecule has 2 nitrogen and oxygen atoms in total. The molecule has 0 aromatic carbocycles. The molecule has 0 rings (SSSR count). The van der Waals surface area contributed by atoms with Crippen LogP contribution in [0.4, 0.5) is 0 Å². The van der Waals surface area contributed by atoms with Crippen molar-refractivity contribution in [2.75, 3.05) is 0 Å². The van der Waals surface area contributed by atoms with Crippen molar-refractivity contribution >= 4 is 0 Å². The Morgan fingerprint density at radius 3 is 2.78 bits per heavy atom. The maximum Gasteiger partial charge on any atom is 0.0928 e. The normalized spacial score (nSPS) is 11.4. The summed E-state index contributed by atoms with van der Waals surface area (Å²) in [6, 6.07) is 1.60. The van der Waals surface area contributed by atoms with Gasteiger partial charge in [0.1, 0.15) is 0 Å². The fourth-order valence-corrected chi connectivity index (χ4v) is 0.489. The van der Waals surface area contributed by atoms with Gasteiger partial charge in [-0.05, 0) is 12.8 Å². The van der Waals surface area contributed by atoms with Crippen molar-refractivity contribution in [3.63, 3.8) is 0 Å². The lowest BCUT2D eigenvalue weighted by molar-refractivity contribution is 0.688. The second-order valence-corrected chi connectivity index (χ2v) is 1.83. The Morgan fingerprint density at radius 1 is 1.67 bits per heavy atom. The zero-order valence-corrected chi connectivity index (χ0v) is 5.30. The first-order valence-electron chi connectivity index (χ1n) is 2.90. The number of hydrogen-bond acceptors (Lipinski definition) is 2. The van der Waals surface area contributed by atoms with Gasteiger partial charge in [-0.3, -0.25) is 0 Å². The molecule has 2 heteroatoms. The van der Waals surface area contributed by atoms with Crippen molar-refractivity contribution in [3.05, 3.63) is 0 Å². The van der Waals surface area contributed by atoms with Crippen molar-refractivity contribution in [1.82, 2.24) is 0 Å². The van der Waals surface area contributed by atoms with E-state index in [9.17, 15) is 0 Å². The van der Waals surface area contributed by atoms with Crippen LogP contribution in [0.15, 0.2) is 0 Å². The zero-order valence-electron chi connectivity index (χ0n) is 5.30. The summed E-state index contributed by atoms with van der Waals surface area (Å²) in [6.45, 7) is 0. The average Bonchev–Trinajstić information content (AvgIpc) is 1.89. The maximum atomic E-state index is 8.21. The van der Waals surface area contributed by atoms with E-state index in [1.54, 1.807) is 0 Å². The smallest absolute Gasteiger partial charge is 0.0928 e. The van der Waals surface area contributed by atoms with E-state index in [0.29, 0.717) is 6.42 Å². The molecule has 0 aromatic heterocycles. The van der Waals surface area contributed by atoms with Crippen LogP contribution >= 0.6 is 0 Å². The largest absolute Gasteiger partial charge is 0.316 e. The maximum absolute atomic E-state index is 8.21. The predicted octanol–water partition coefficient (Wildman–Crippen LogP) is 0.641. The standard InChI is InChI=1S/C7H10N2/c1-2-3-4-5-7(9)6-8/h1,7H,3-5,9H2. The summed E-state index contributed by atoms with van der Waals surface area (Å²) in [5.41, 5.74) is 5.28. The van der Waals surface area contributed by atoms with Crippen LogP contribution in [0.2, 0.25) is 0 Å². The topological polar surface area (TPSA) is 49.8 Å². The first-order chi connectivity index (χ1) is 4.31. The van der Waals surface area contributed by atoms with E-state index in [0.717, 1.165) is 12.8 Å². The van der Waals surface area contributed by atoms with Gasteiger partial charge < -0.3 is 5.73 Å². The summed E-state index contributed by atoms with van der Waals surface area (Å²) in [6.07, 6.45) is 7.26. The van der Waals surface area contributed by atoms with Gasteiger partial charge in [0, 0.05) is 6.42 Å². The Balaban J connectivity index is 3.12. The van der Waals surface area contributed by atoms with Crippen LogP contribution in [0.5, 0.6) is 0 Å². The fourth-order valence-electron chi connectivity index (χ4n) is 0.489. The molecule has 0 amide bonds. The number of nitrogens with two attached hydrogens (primary N) is 1. The molecule has 0 saturated carbocycles. The van der Waals surface area contributed by atoms with E-state index < -0.39 is 0 Å². The molecule has 0 aliphatic rings. The van der Waals surface area contributed by atoms with E-state index in [1.807, 2.05) is 6.07 Å². The first kappa shape index (κ1) is 8.01. The monoisotopic (exact) mass is 122 g/mol. The summed E-state index contributed by atoms with van der Waals surface area (Å²) in [5, 5.41) is 8.21. The van der Waals surface area contributed by atoms with Crippen molar-refractivity contribution in [2.45, 2.75) is 25.3 Å². The molecular weight excluding hydrogens is 112 g/mol. The van der Waals surface area contributed by atoms with Crippen LogP contribution in [0.25, 0.3) is 0 Å². The summed E-state index contributed by atoms with van der Waals surface area (Å²) < 4.78 is 0. The molecule has 0 radical (unpaired) electrons. The zero-order chi connectivity index (χ0) is 7.11. The number of hydrogen-bond donors (Lipinski definition) is 1. The second-order valence-electron chi connectivity index (χ2n) is 1.83. The van der Waals surface area contributed by atoms with Crippen molar-refractivity contribution in [3.8, 4) is 18.4 Å². The first-order valence-corrected chi connectivity index (χ1v) is 2.90. The molecule has 2 N–H and O–H groups in total. The van der Waals surface area contributed by atoms with Gasteiger partial charge in [0.2, 0.25) is 0 Å². The molecule has 9 heavy (non-hydrogen) atoms. The van der Waals surface area contributed by atoms with Gasteiger partial charge >= 0.3 is 0 Å². The molecule has 1 unspecified atom stereocenters. The van der Waals surface area contributed by atoms with Gasteiger partial charge in [-0.15, -0.1) is 12.3 Å². The van der Waals surface area contributed by atoms with Crippen molar-refractivity contribution in [1.29, 1.82) is 5.26 Å². The van der Waals surface area contributed by atoms with Gasteiger partial charge in [-0.25, -0.2) is 0 Å². The summed E-state index contributed by atoms with van der Waals surface area (Å²) in [7, 11) is 0. The molecule has 0 heterocycles. The van der Waals surface area contributed by atoms with Crippen LogP contribution in [-0.4, -0.2) is 6.04 Å². The minimum atomic E-state index is -0.335. The average molecular weight is 122 g/mol. The van der Waals surface area contributed by atoms with Crippen LogP contribution in [-0.2, 0) is 0 Å². The van der Waals surface area contributed by atoms with Gasteiger partial charge in [-0.1, -0.05) is 0 Å². The SMILES string of the molecule is C#CCCCC(N)C#N. The van der Waals surface area contributed by atoms with E-state index in [1.165, 1.54) is 0 Å². The Bertz CT molecular complexity index is 138. The van der Waals surface area contributed by atoms with E-state index in [4.69, 9.17) is 17.4 Å². The third-order valence-electron chi connectivity index (χ3n) is 1.00. The summed E-state index contributed by atoms with van der Waals surface area (Å²) in [4.78, 5) is 0.